The summed E-state index contributed by atoms with van der Waals surface area (Å²) < 4.78 is 14.7. The minimum Gasteiger partial charge on any atom is -0.356 e. The Kier molecular flexibility index (Phi) is 4.02. The first-order valence-corrected chi connectivity index (χ1v) is 9.10. The van der Waals surface area contributed by atoms with Gasteiger partial charge in [-0.2, -0.15) is 0 Å². The van der Waals surface area contributed by atoms with E-state index in [1.165, 1.54) is 4.57 Å². The molecule has 3 heterocycles. The van der Waals surface area contributed by atoms with E-state index >= 15 is 0 Å². The molecule has 0 spiro atoms. The molecule has 28 heavy (non-hydrogen) atoms. The number of rotatable bonds is 4. The zero-order chi connectivity index (χ0) is 20.2. The second kappa shape index (κ2) is 6.19. The number of alkyl halides is 1. The third kappa shape index (κ3) is 2.76. The average molecular weight is 383 g/mol. The summed E-state index contributed by atoms with van der Waals surface area (Å²) in [5.74, 6) is 0.166. The summed E-state index contributed by atoms with van der Waals surface area (Å²) in [5.41, 5.74) is 2.25. The standard InChI is InChI=1S/C20H22FN5O2/c1-10-15-13(17(27)22-10)8-14(23-15)11-6-5-7-12-16(11)24-19(26(4)18(12)28)25-20(2,3)9-21/h5-8,10,23H,9H2,1-4H3,(H,22,27)(H,24,25). The molecule has 1 aliphatic heterocycles. The van der Waals surface area contributed by atoms with Gasteiger partial charge in [-0.3, -0.25) is 14.2 Å². The van der Waals surface area contributed by atoms with Crippen molar-refractivity contribution in [2.24, 2.45) is 7.05 Å². The van der Waals surface area contributed by atoms with Crippen LogP contribution in [0.25, 0.3) is 22.2 Å². The summed E-state index contributed by atoms with van der Waals surface area (Å²) >= 11 is 0. The molecule has 3 N–H and O–H groups in total. The number of nitrogens with one attached hydrogen (secondary N) is 3. The Hall–Kier alpha value is -3.16. The van der Waals surface area contributed by atoms with Gasteiger partial charge in [-0.25, -0.2) is 9.37 Å². The molecule has 0 aliphatic carbocycles. The van der Waals surface area contributed by atoms with Crippen molar-refractivity contribution in [2.45, 2.75) is 32.4 Å². The number of nitrogens with zero attached hydrogens (tertiary/aromatic N) is 2. The van der Waals surface area contributed by atoms with Gasteiger partial charge >= 0.3 is 0 Å². The molecule has 7 nitrogen and oxygen atoms in total. The van der Waals surface area contributed by atoms with E-state index in [4.69, 9.17) is 0 Å². The number of hydrogen-bond donors (Lipinski definition) is 3. The number of amides is 1. The number of aromatic nitrogens is 3. The summed E-state index contributed by atoms with van der Waals surface area (Å²) in [6.45, 7) is 4.69. The Morgan fingerprint density at radius 1 is 1.29 bits per heavy atom. The highest BCUT2D eigenvalue weighted by atomic mass is 19.1. The van der Waals surface area contributed by atoms with Gasteiger partial charge in [0.2, 0.25) is 5.95 Å². The number of benzene rings is 1. The van der Waals surface area contributed by atoms with Gasteiger partial charge in [0, 0.05) is 18.3 Å². The molecule has 1 aliphatic rings. The largest absolute Gasteiger partial charge is 0.356 e. The molecule has 146 valence electrons. The van der Waals surface area contributed by atoms with Crippen molar-refractivity contribution in [2.75, 3.05) is 12.0 Å². The summed E-state index contributed by atoms with van der Waals surface area (Å²) in [6.07, 6.45) is 0. The number of carbonyl (C=O) groups excluding carboxylic acids is 1. The van der Waals surface area contributed by atoms with Gasteiger partial charge in [-0.15, -0.1) is 0 Å². The van der Waals surface area contributed by atoms with Crippen LogP contribution in [0.5, 0.6) is 0 Å². The maximum atomic E-state index is 13.3. The normalized spacial score (nSPS) is 16.3. The van der Waals surface area contributed by atoms with E-state index in [1.54, 1.807) is 39.1 Å². The molecule has 2 aromatic heterocycles. The van der Waals surface area contributed by atoms with Crippen molar-refractivity contribution < 1.29 is 9.18 Å². The molecule has 0 bridgehead atoms. The Bertz CT molecular complexity index is 1160. The van der Waals surface area contributed by atoms with Crippen molar-refractivity contribution in [3.8, 4) is 11.3 Å². The van der Waals surface area contributed by atoms with E-state index in [0.717, 1.165) is 5.69 Å². The van der Waals surface area contributed by atoms with Crippen LogP contribution in [0.2, 0.25) is 0 Å². The highest BCUT2D eigenvalue weighted by Crippen LogP contribution is 2.32. The molecule has 0 fully saturated rings. The first kappa shape index (κ1) is 18.2. The van der Waals surface area contributed by atoms with Gasteiger partial charge in [0.1, 0.15) is 6.67 Å². The Balaban J connectivity index is 1.92. The number of aromatic amines is 1. The fourth-order valence-corrected chi connectivity index (χ4v) is 3.45. The van der Waals surface area contributed by atoms with Crippen LogP contribution in [-0.2, 0) is 7.05 Å². The van der Waals surface area contributed by atoms with Gasteiger partial charge in [0.15, 0.2) is 0 Å². The Morgan fingerprint density at radius 3 is 2.71 bits per heavy atom. The van der Waals surface area contributed by atoms with E-state index in [1.807, 2.05) is 13.0 Å². The lowest BCUT2D eigenvalue weighted by atomic mass is 10.1. The van der Waals surface area contributed by atoms with E-state index in [-0.39, 0.29) is 23.5 Å². The van der Waals surface area contributed by atoms with E-state index in [9.17, 15) is 14.0 Å². The first-order valence-electron chi connectivity index (χ1n) is 9.10. The number of para-hydroxylation sites is 1. The van der Waals surface area contributed by atoms with E-state index in [0.29, 0.717) is 27.7 Å². The van der Waals surface area contributed by atoms with Gasteiger partial charge in [0.25, 0.3) is 11.5 Å². The number of anilines is 1. The van der Waals surface area contributed by atoms with E-state index < -0.39 is 12.2 Å². The number of carbonyl (C=O) groups is 1. The number of fused-ring (bicyclic) bond motifs is 2. The zero-order valence-electron chi connectivity index (χ0n) is 16.2. The Labute approximate surface area is 161 Å². The number of H-pyrrole nitrogens is 1. The lowest BCUT2D eigenvalue weighted by molar-refractivity contribution is 0.0958. The minimum atomic E-state index is -0.860. The summed E-state index contributed by atoms with van der Waals surface area (Å²) in [4.78, 5) is 32.9. The number of halogens is 1. The summed E-state index contributed by atoms with van der Waals surface area (Å²) in [6, 6.07) is 7.02. The van der Waals surface area contributed by atoms with Crippen molar-refractivity contribution in [1.82, 2.24) is 19.9 Å². The quantitative estimate of drug-likeness (QED) is 0.646. The average Bonchev–Trinajstić information content (AvgIpc) is 3.20. The van der Waals surface area contributed by atoms with Crippen LogP contribution in [0.4, 0.5) is 10.3 Å². The monoisotopic (exact) mass is 383 g/mol. The lowest BCUT2D eigenvalue weighted by Crippen LogP contribution is -2.36. The smallest absolute Gasteiger partial charge is 0.262 e. The molecule has 1 amide bonds. The maximum absolute atomic E-state index is 13.3. The third-order valence-corrected chi connectivity index (χ3v) is 5.05. The molecule has 4 rings (SSSR count). The topological polar surface area (TPSA) is 91.8 Å². The molecular formula is C20H22FN5O2. The van der Waals surface area contributed by atoms with Crippen LogP contribution in [-0.4, -0.2) is 32.7 Å². The molecule has 0 saturated carbocycles. The van der Waals surface area contributed by atoms with Crippen LogP contribution >= 0.6 is 0 Å². The molecule has 3 aromatic rings. The summed E-state index contributed by atoms with van der Waals surface area (Å²) in [7, 11) is 1.60. The first-order chi connectivity index (χ1) is 13.2. The Morgan fingerprint density at radius 2 is 2.04 bits per heavy atom. The molecule has 1 unspecified atom stereocenters. The highest BCUT2D eigenvalue weighted by molar-refractivity contribution is 6.01. The fourth-order valence-electron chi connectivity index (χ4n) is 3.45. The van der Waals surface area contributed by atoms with Gasteiger partial charge < -0.3 is 15.6 Å². The molecule has 1 aromatic carbocycles. The van der Waals surface area contributed by atoms with Crippen LogP contribution in [0.3, 0.4) is 0 Å². The lowest BCUT2D eigenvalue weighted by Gasteiger charge is -2.24. The molecule has 0 saturated heterocycles. The maximum Gasteiger partial charge on any atom is 0.262 e. The number of hydrogen-bond acceptors (Lipinski definition) is 4. The van der Waals surface area contributed by atoms with Crippen LogP contribution in [0.15, 0.2) is 29.1 Å². The molecule has 8 heteroatoms. The second-order valence-corrected chi connectivity index (χ2v) is 7.85. The zero-order valence-corrected chi connectivity index (χ0v) is 16.2. The van der Waals surface area contributed by atoms with Crippen molar-refractivity contribution >= 4 is 22.8 Å². The summed E-state index contributed by atoms with van der Waals surface area (Å²) in [5, 5.41) is 6.31. The SMILES string of the molecule is CC1NC(=O)c2cc(-c3cccc4c(=O)n(C)c(NC(C)(C)CF)nc34)[nH]c21. The van der Waals surface area contributed by atoms with Gasteiger partial charge in [0.05, 0.1) is 33.7 Å². The predicted molar refractivity (Wildman–Crippen MR) is 106 cm³/mol. The predicted octanol–water partition coefficient (Wildman–Crippen LogP) is 2.89. The van der Waals surface area contributed by atoms with E-state index in [2.05, 4.69) is 20.6 Å². The van der Waals surface area contributed by atoms with Crippen molar-refractivity contribution in [3.05, 3.63) is 45.9 Å². The van der Waals surface area contributed by atoms with Crippen molar-refractivity contribution in [1.29, 1.82) is 0 Å². The van der Waals surface area contributed by atoms with Crippen LogP contribution < -0.4 is 16.2 Å². The molecule has 1 atom stereocenters. The molecular weight excluding hydrogens is 361 g/mol. The van der Waals surface area contributed by atoms with Crippen molar-refractivity contribution in [3.63, 3.8) is 0 Å². The minimum absolute atomic E-state index is 0.102. The van der Waals surface area contributed by atoms with Gasteiger partial charge in [-0.1, -0.05) is 12.1 Å². The molecule has 0 radical (unpaired) electrons. The second-order valence-electron chi connectivity index (χ2n) is 7.85. The third-order valence-electron chi connectivity index (χ3n) is 5.05. The van der Waals surface area contributed by atoms with Crippen LogP contribution in [0.1, 0.15) is 42.9 Å². The highest BCUT2D eigenvalue weighted by Gasteiger charge is 2.29. The van der Waals surface area contributed by atoms with Gasteiger partial charge in [-0.05, 0) is 32.9 Å². The fraction of sp³-hybridized carbons (Fsp3) is 0.350. The van der Waals surface area contributed by atoms with Crippen LogP contribution in [0, 0.1) is 0 Å².